The van der Waals surface area contributed by atoms with E-state index in [1.54, 1.807) is 6.33 Å². The third kappa shape index (κ3) is 2.49. The molecule has 0 radical (unpaired) electrons. The Morgan fingerprint density at radius 3 is 2.85 bits per heavy atom. The van der Waals surface area contributed by atoms with E-state index in [9.17, 15) is 4.79 Å². The Morgan fingerprint density at radius 1 is 1.40 bits per heavy atom. The van der Waals surface area contributed by atoms with E-state index in [1.165, 1.54) is 5.56 Å². The molecule has 2 aliphatic rings. The SMILES string of the molecule is CCCc1cncnc1N1CCC2(CC1)CNC(=O)C2. The van der Waals surface area contributed by atoms with E-state index in [2.05, 4.69) is 27.1 Å². The summed E-state index contributed by atoms with van der Waals surface area (Å²) >= 11 is 0. The topological polar surface area (TPSA) is 58.1 Å². The van der Waals surface area contributed by atoms with Crippen LogP contribution in [0.3, 0.4) is 0 Å². The van der Waals surface area contributed by atoms with E-state index in [1.807, 2.05) is 6.20 Å². The molecule has 0 unspecified atom stereocenters. The highest BCUT2D eigenvalue weighted by molar-refractivity contribution is 5.79. The number of nitrogens with one attached hydrogen (secondary N) is 1. The number of carbonyl (C=O) groups excluding carboxylic acids is 1. The maximum atomic E-state index is 11.5. The second-order valence-electron chi connectivity index (χ2n) is 6.06. The van der Waals surface area contributed by atoms with E-state index >= 15 is 0 Å². The number of hydrogen-bond acceptors (Lipinski definition) is 4. The summed E-state index contributed by atoms with van der Waals surface area (Å²) in [5.41, 5.74) is 1.44. The van der Waals surface area contributed by atoms with E-state index < -0.39 is 0 Å². The van der Waals surface area contributed by atoms with Crippen molar-refractivity contribution < 1.29 is 4.79 Å². The van der Waals surface area contributed by atoms with Gasteiger partial charge in [-0.1, -0.05) is 13.3 Å². The molecule has 1 amide bonds. The van der Waals surface area contributed by atoms with Gasteiger partial charge in [0.15, 0.2) is 0 Å². The molecule has 0 aromatic carbocycles. The summed E-state index contributed by atoms with van der Waals surface area (Å²) in [5.74, 6) is 1.31. The van der Waals surface area contributed by atoms with Crippen molar-refractivity contribution >= 4 is 11.7 Å². The lowest BCUT2D eigenvalue weighted by atomic mass is 9.77. The lowest BCUT2D eigenvalue weighted by Crippen LogP contribution is -2.42. The molecule has 3 heterocycles. The zero-order chi connectivity index (χ0) is 14.0. The molecule has 0 bridgehead atoms. The van der Waals surface area contributed by atoms with Crippen molar-refractivity contribution in [2.75, 3.05) is 24.5 Å². The highest BCUT2D eigenvalue weighted by Gasteiger charge is 2.41. The lowest BCUT2D eigenvalue weighted by Gasteiger charge is -2.39. The molecule has 1 aromatic rings. The highest BCUT2D eigenvalue weighted by Crippen LogP contribution is 2.38. The van der Waals surface area contributed by atoms with Crippen molar-refractivity contribution in [1.29, 1.82) is 0 Å². The van der Waals surface area contributed by atoms with Crippen LogP contribution in [0.1, 0.15) is 38.2 Å². The summed E-state index contributed by atoms with van der Waals surface area (Å²) < 4.78 is 0. The van der Waals surface area contributed by atoms with E-state index in [4.69, 9.17) is 0 Å². The molecular weight excluding hydrogens is 252 g/mol. The van der Waals surface area contributed by atoms with Crippen molar-refractivity contribution in [3.05, 3.63) is 18.1 Å². The zero-order valence-electron chi connectivity index (χ0n) is 12.1. The summed E-state index contributed by atoms with van der Waals surface area (Å²) in [6.45, 7) is 5.01. The average molecular weight is 274 g/mol. The van der Waals surface area contributed by atoms with Gasteiger partial charge in [-0.2, -0.15) is 0 Å². The van der Waals surface area contributed by atoms with Gasteiger partial charge in [0.25, 0.3) is 0 Å². The van der Waals surface area contributed by atoms with Crippen molar-refractivity contribution in [1.82, 2.24) is 15.3 Å². The standard InChI is InChI=1S/C15H22N4O/c1-2-3-12-9-16-11-18-14(12)19-6-4-15(5-7-19)8-13(20)17-10-15/h9,11H,2-8,10H2,1H3,(H,17,20). The minimum absolute atomic E-state index is 0.200. The van der Waals surface area contributed by atoms with Crippen LogP contribution in [0, 0.1) is 5.41 Å². The molecule has 108 valence electrons. The van der Waals surface area contributed by atoms with Gasteiger partial charge in [0.1, 0.15) is 12.1 Å². The largest absolute Gasteiger partial charge is 0.356 e. The Hall–Kier alpha value is -1.65. The maximum Gasteiger partial charge on any atom is 0.220 e. The number of aryl methyl sites for hydroxylation is 1. The summed E-state index contributed by atoms with van der Waals surface area (Å²) in [6, 6.07) is 0. The van der Waals surface area contributed by atoms with Crippen LogP contribution in [-0.4, -0.2) is 35.5 Å². The minimum Gasteiger partial charge on any atom is -0.356 e. The van der Waals surface area contributed by atoms with Crippen LogP contribution in [-0.2, 0) is 11.2 Å². The Balaban J connectivity index is 1.70. The fourth-order valence-corrected chi connectivity index (χ4v) is 3.38. The summed E-state index contributed by atoms with van der Waals surface area (Å²) in [4.78, 5) is 22.5. The predicted molar refractivity (Wildman–Crippen MR) is 77.5 cm³/mol. The second-order valence-corrected chi connectivity index (χ2v) is 6.06. The van der Waals surface area contributed by atoms with Crippen molar-refractivity contribution in [2.24, 2.45) is 5.41 Å². The fraction of sp³-hybridized carbons (Fsp3) is 0.667. The number of piperidine rings is 1. The maximum absolute atomic E-state index is 11.5. The number of anilines is 1. The van der Waals surface area contributed by atoms with Crippen LogP contribution in [0.4, 0.5) is 5.82 Å². The van der Waals surface area contributed by atoms with Crippen LogP contribution in [0.5, 0.6) is 0 Å². The summed E-state index contributed by atoms with van der Waals surface area (Å²) in [5, 5.41) is 2.98. The van der Waals surface area contributed by atoms with Gasteiger partial charge in [0.05, 0.1) is 0 Å². The van der Waals surface area contributed by atoms with Gasteiger partial charge in [0, 0.05) is 37.8 Å². The smallest absolute Gasteiger partial charge is 0.220 e. The number of amides is 1. The van der Waals surface area contributed by atoms with Crippen LogP contribution in [0.25, 0.3) is 0 Å². The molecule has 2 saturated heterocycles. The first kappa shape index (κ1) is 13.3. The summed E-state index contributed by atoms with van der Waals surface area (Å²) in [6.07, 6.45) is 8.56. The van der Waals surface area contributed by atoms with Gasteiger partial charge >= 0.3 is 0 Å². The monoisotopic (exact) mass is 274 g/mol. The first-order valence-corrected chi connectivity index (χ1v) is 7.53. The van der Waals surface area contributed by atoms with E-state index in [0.29, 0.717) is 6.42 Å². The van der Waals surface area contributed by atoms with Crippen LogP contribution >= 0.6 is 0 Å². The lowest BCUT2D eigenvalue weighted by molar-refractivity contribution is -0.119. The van der Waals surface area contributed by atoms with E-state index in [-0.39, 0.29) is 11.3 Å². The van der Waals surface area contributed by atoms with Crippen molar-refractivity contribution in [3.8, 4) is 0 Å². The molecule has 5 heteroatoms. The molecule has 2 aliphatic heterocycles. The number of hydrogen-bond donors (Lipinski definition) is 1. The van der Waals surface area contributed by atoms with Gasteiger partial charge in [0.2, 0.25) is 5.91 Å². The van der Waals surface area contributed by atoms with Crippen molar-refractivity contribution in [3.63, 3.8) is 0 Å². The van der Waals surface area contributed by atoms with Crippen LogP contribution < -0.4 is 10.2 Å². The fourth-order valence-electron chi connectivity index (χ4n) is 3.38. The molecule has 1 aromatic heterocycles. The van der Waals surface area contributed by atoms with Gasteiger partial charge in [-0.3, -0.25) is 4.79 Å². The summed E-state index contributed by atoms with van der Waals surface area (Å²) in [7, 11) is 0. The van der Waals surface area contributed by atoms with Gasteiger partial charge in [-0.15, -0.1) is 0 Å². The predicted octanol–water partition coefficient (Wildman–Crippen LogP) is 1.54. The number of carbonyl (C=O) groups is 1. The Bertz CT molecular complexity index is 494. The van der Waals surface area contributed by atoms with E-state index in [0.717, 1.165) is 51.1 Å². The highest BCUT2D eigenvalue weighted by atomic mass is 16.1. The van der Waals surface area contributed by atoms with Gasteiger partial charge in [-0.25, -0.2) is 9.97 Å². The normalized spacial score (nSPS) is 21.2. The quantitative estimate of drug-likeness (QED) is 0.908. The van der Waals surface area contributed by atoms with Gasteiger partial charge < -0.3 is 10.2 Å². The minimum atomic E-state index is 0.200. The molecule has 3 rings (SSSR count). The number of aromatic nitrogens is 2. The molecule has 2 fully saturated rings. The molecular formula is C15H22N4O. The average Bonchev–Trinajstić information content (AvgIpc) is 2.82. The third-order valence-electron chi connectivity index (χ3n) is 4.60. The van der Waals surface area contributed by atoms with Crippen molar-refractivity contribution in [2.45, 2.75) is 39.0 Å². The molecule has 0 atom stereocenters. The Morgan fingerprint density at radius 2 is 2.20 bits per heavy atom. The number of nitrogens with zero attached hydrogens (tertiary/aromatic N) is 3. The van der Waals surface area contributed by atoms with Crippen LogP contribution in [0.15, 0.2) is 12.5 Å². The molecule has 20 heavy (non-hydrogen) atoms. The van der Waals surface area contributed by atoms with Crippen LogP contribution in [0.2, 0.25) is 0 Å². The molecule has 5 nitrogen and oxygen atoms in total. The Labute approximate surface area is 119 Å². The first-order chi connectivity index (χ1) is 9.72. The number of rotatable bonds is 3. The molecule has 0 aliphatic carbocycles. The zero-order valence-corrected chi connectivity index (χ0v) is 12.1. The van der Waals surface area contributed by atoms with Gasteiger partial charge in [-0.05, 0) is 24.7 Å². The molecule has 1 N–H and O–H groups in total. The first-order valence-electron chi connectivity index (χ1n) is 7.53. The second kappa shape index (κ2) is 5.38. The third-order valence-corrected chi connectivity index (χ3v) is 4.60. The molecule has 0 saturated carbocycles. The molecule has 1 spiro atoms. The Kier molecular flexibility index (Phi) is 3.59.